The van der Waals surface area contributed by atoms with E-state index >= 15 is 0 Å². The second-order valence-corrected chi connectivity index (χ2v) is 6.07. The summed E-state index contributed by atoms with van der Waals surface area (Å²) in [5, 5.41) is 0. The molecule has 0 amide bonds. The quantitative estimate of drug-likeness (QED) is 0.682. The lowest BCUT2D eigenvalue weighted by atomic mass is 9.61. The van der Waals surface area contributed by atoms with Crippen LogP contribution in [-0.4, -0.2) is 5.54 Å². The number of hydrogen-bond donors (Lipinski definition) is 1. The van der Waals surface area contributed by atoms with Crippen LogP contribution in [0.5, 0.6) is 0 Å². The zero-order chi connectivity index (χ0) is 10.2. The van der Waals surface area contributed by atoms with Gasteiger partial charge in [0.25, 0.3) is 0 Å². The Kier molecular flexibility index (Phi) is 2.88. The molecule has 0 saturated heterocycles. The van der Waals surface area contributed by atoms with Crippen molar-refractivity contribution in [3.05, 3.63) is 0 Å². The summed E-state index contributed by atoms with van der Waals surface area (Å²) in [7, 11) is 0. The molecule has 2 aliphatic rings. The second kappa shape index (κ2) is 3.84. The van der Waals surface area contributed by atoms with E-state index in [0.29, 0.717) is 0 Å². The van der Waals surface area contributed by atoms with Gasteiger partial charge in [0.15, 0.2) is 0 Å². The van der Waals surface area contributed by atoms with Crippen LogP contribution >= 0.6 is 0 Å². The highest BCUT2D eigenvalue weighted by Gasteiger charge is 2.40. The Morgan fingerprint density at radius 2 is 1.57 bits per heavy atom. The monoisotopic (exact) mass is 195 g/mol. The molecule has 0 heterocycles. The molecule has 0 radical (unpaired) electrons. The predicted octanol–water partition coefficient (Wildman–Crippen LogP) is 3.33. The number of nitrogens with two attached hydrogens (primary N) is 1. The Bertz CT molecular complexity index is 190. The van der Waals surface area contributed by atoms with E-state index in [0.717, 1.165) is 17.8 Å². The molecule has 2 saturated carbocycles. The SMILES string of the molecule is CC(C)(N)C1CCCC2CCCCC21. The van der Waals surface area contributed by atoms with Crippen molar-refractivity contribution in [3.63, 3.8) is 0 Å². The minimum Gasteiger partial charge on any atom is -0.325 e. The molecule has 0 aromatic rings. The predicted molar refractivity (Wildman–Crippen MR) is 61.1 cm³/mol. The van der Waals surface area contributed by atoms with Crippen LogP contribution < -0.4 is 5.73 Å². The highest BCUT2D eigenvalue weighted by molar-refractivity contribution is 4.94. The Morgan fingerprint density at radius 1 is 0.929 bits per heavy atom. The minimum absolute atomic E-state index is 0.0562. The van der Waals surface area contributed by atoms with E-state index in [2.05, 4.69) is 13.8 Å². The van der Waals surface area contributed by atoms with Crippen molar-refractivity contribution in [3.8, 4) is 0 Å². The molecule has 3 unspecified atom stereocenters. The third-order valence-corrected chi connectivity index (χ3v) is 4.53. The molecular formula is C13H25N. The van der Waals surface area contributed by atoms with Gasteiger partial charge < -0.3 is 5.73 Å². The van der Waals surface area contributed by atoms with Crippen LogP contribution in [0.15, 0.2) is 0 Å². The standard InChI is InChI=1S/C13H25N/c1-13(2,14)12-9-5-7-10-6-3-4-8-11(10)12/h10-12H,3-9,14H2,1-2H3. The smallest absolute Gasteiger partial charge is 0.0128 e. The third-order valence-electron chi connectivity index (χ3n) is 4.53. The van der Waals surface area contributed by atoms with Crippen molar-refractivity contribution in [1.29, 1.82) is 0 Å². The Hall–Kier alpha value is -0.0400. The van der Waals surface area contributed by atoms with Crippen molar-refractivity contribution >= 4 is 0 Å². The van der Waals surface area contributed by atoms with Crippen LogP contribution in [0.1, 0.15) is 58.8 Å². The fraction of sp³-hybridized carbons (Fsp3) is 1.00. The average Bonchev–Trinajstić information content (AvgIpc) is 2.15. The number of rotatable bonds is 1. The third kappa shape index (κ3) is 1.98. The van der Waals surface area contributed by atoms with Crippen molar-refractivity contribution < 1.29 is 0 Å². The van der Waals surface area contributed by atoms with Gasteiger partial charge >= 0.3 is 0 Å². The van der Waals surface area contributed by atoms with Crippen LogP contribution in [0.25, 0.3) is 0 Å². The lowest BCUT2D eigenvalue weighted by Crippen LogP contribution is -2.48. The first-order valence-electron chi connectivity index (χ1n) is 6.38. The molecule has 0 aliphatic heterocycles. The molecule has 0 aromatic heterocycles. The Balaban J connectivity index is 2.09. The molecule has 2 aliphatic carbocycles. The zero-order valence-electron chi connectivity index (χ0n) is 9.76. The first-order valence-corrected chi connectivity index (χ1v) is 6.38. The van der Waals surface area contributed by atoms with Gasteiger partial charge in [-0.1, -0.05) is 32.1 Å². The van der Waals surface area contributed by atoms with Gasteiger partial charge in [-0.05, 0) is 44.4 Å². The van der Waals surface area contributed by atoms with Gasteiger partial charge in [0.2, 0.25) is 0 Å². The van der Waals surface area contributed by atoms with Crippen molar-refractivity contribution in [2.24, 2.45) is 23.5 Å². The van der Waals surface area contributed by atoms with E-state index in [4.69, 9.17) is 5.73 Å². The maximum Gasteiger partial charge on any atom is 0.0128 e. The van der Waals surface area contributed by atoms with E-state index in [-0.39, 0.29) is 5.54 Å². The van der Waals surface area contributed by atoms with E-state index in [9.17, 15) is 0 Å². The van der Waals surface area contributed by atoms with E-state index in [1.165, 1.54) is 44.9 Å². The summed E-state index contributed by atoms with van der Waals surface area (Å²) >= 11 is 0. The average molecular weight is 195 g/mol. The van der Waals surface area contributed by atoms with Gasteiger partial charge in [-0.3, -0.25) is 0 Å². The van der Waals surface area contributed by atoms with Gasteiger partial charge in [0.1, 0.15) is 0 Å². The van der Waals surface area contributed by atoms with E-state index in [1.807, 2.05) is 0 Å². The highest BCUT2D eigenvalue weighted by Crippen LogP contribution is 2.46. The topological polar surface area (TPSA) is 26.0 Å². The van der Waals surface area contributed by atoms with Crippen molar-refractivity contribution in [2.75, 3.05) is 0 Å². The molecule has 0 spiro atoms. The summed E-state index contributed by atoms with van der Waals surface area (Å²) in [5.41, 5.74) is 6.37. The van der Waals surface area contributed by atoms with Gasteiger partial charge in [0, 0.05) is 5.54 Å². The van der Waals surface area contributed by atoms with Crippen molar-refractivity contribution in [2.45, 2.75) is 64.3 Å². The molecule has 2 fully saturated rings. The molecule has 3 atom stereocenters. The first kappa shape index (κ1) is 10.5. The maximum atomic E-state index is 6.32. The molecule has 0 bridgehead atoms. The number of fused-ring (bicyclic) bond motifs is 1. The van der Waals surface area contributed by atoms with Gasteiger partial charge in [-0.25, -0.2) is 0 Å². The molecule has 2 N–H and O–H groups in total. The van der Waals surface area contributed by atoms with Crippen molar-refractivity contribution in [1.82, 2.24) is 0 Å². The van der Waals surface area contributed by atoms with Crippen LogP contribution in [0.3, 0.4) is 0 Å². The summed E-state index contributed by atoms with van der Waals surface area (Å²) in [4.78, 5) is 0. The summed E-state index contributed by atoms with van der Waals surface area (Å²) < 4.78 is 0. The summed E-state index contributed by atoms with van der Waals surface area (Å²) in [6.07, 6.45) is 10.1. The van der Waals surface area contributed by atoms with Crippen LogP contribution in [0.4, 0.5) is 0 Å². The molecule has 2 rings (SSSR count). The van der Waals surface area contributed by atoms with E-state index in [1.54, 1.807) is 0 Å². The largest absolute Gasteiger partial charge is 0.325 e. The maximum absolute atomic E-state index is 6.32. The molecular weight excluding hydrogens is 170 g/mol. The fourth-order valence-corrected chi connectivity index (χ4v) is 3.86. The van der Waals surface area contributed by atoms with Crippen LogP contribution in [-0.2, 0) is 0 Å². The highest BCUT2D eigenvalue weighted by atomic mass is 14.7. The lowest BCUT2D eigenvalue weighted by molar-refractivity contribution is 0.0617. The molecule has 1 heteroatoms. The summed E-state index contributed by atoms with van der Waals surface area (Å²) in [6, 6.07) is 0. The second-order valence-electron chi connectivity index (χ2n) is 6.07. The number of hydrogen-bond acceptors (Lipinski definition) is 1. The van der Waals surface area contributed by atoms with Crippen LogP contribution in [0, 0.1) is 17.8 Å². The van der Waals surface area contributed by atoms with Gasteiger partial charge in [-0.15, -0.1) is 0 Å². The first-order chi connectivity index (χ1) is 6.59. The lowest BCUT2D eigenvalue weighted by Gasteiger charge is -2.46. The molecule has 14 heavy (non-hydrogen) atoms. The van der Waals surface area contributed by atoms with E-state index < -0.39 is 0 Å². The van der Waals surface area contributed by atoms with Gasteiger partial charge in [0.05, 0.1) is 0 Å². The molecule has 0 aromatic carbocycles. The normalized spacial score (nSPS) is 39.2. The Labute approximate surface area is 88.4 Å². The molecule has 1 nitrogen and oxygen atoms in total. The zero-order valence-corrected chi connectivity index (χ0v) is 9.76. The van der Waals surface area contributed by atoms with Gasteiger partial charge in [-0.2, -0.15) is 0 Å². The fourth-order valence-electron chi connectivity index (χ4n) is 3.86. The summed E-state index contributed by atoms with van der Waals surface area (Å²) in [5.74, 6) is 2.77. The summed E-state index contributed by atoms with van der Waals surface area (Å²) in [6.45, 7) is 4.46. The minimum atomic E-state index is 0.0562. The Morgan fingerprint density at radius 3 is 2.29 bits per heavy atom. The van der Waals surface area contributed by atoms with Crippen LogP contribution in [0.2, 0.25) is 0 Å². The molecule has 82 valence electrons.